The van der Waals surface area contributed by atoms with E-state index in [1.54, 1.807) is 32.9 Å². The number of nitriles is 1. The molecule has 2 bridgehead atoms. The van der Waals surface area contributed by atoms with Crippen LogP contribution in [0.3, 0.4) is 0 Å². The van der Waals surface area contributed by atoms with Crippen LogP contribution in [0.5, 0.6) is 5.75 Å². The van der Waals surface area contributed by atoms with E-state index in [4.69, 9.17) is 9.47 Å². The maximum atomic E-state index is 15.2. The van der Waals surface area contributed by atoms with Gasteiger partial charge >= 0.3 is 12.3 Å². The summed E-state index contributed by atoms with van der Waals surface area (Å²) in [5.74, 6) is -2.79. The molecule has 16 heteroatoms. The van der Waals surface area contributed by atoms with Crippen LogP contribution in [0.2, 0.25) is 0 Å². The van der Waals surface area contributed by atoms with Crippen molar-refractivity contribution in [3.63, 3.8) is 0 Å². The van der Waals surface area contributed by atoms with Gasteiger partial charge in [-0.3, -0.25) is 14.4 Å². The molecule has 1 aromatic heterocycles. The first kappa shape index (κ1) is 32.8. The number of nitrogens with one attached hydrogen (secondary N) is 2. The summed E-state index contributed by atoms with van der Waals surface area (Å²) in [5.41, 5.74) is -2.58. The fraction of sp³-hybridized carbons (Fsp3) is 0.677. The van der Waals surface area contributed by atoms with Gasteiger partial charge in [-0.05, 0) is 54.1 Å². The average molecular weight is 665 g/mol. The molecule has 3 aliphatic heterocycles. The van der Waals surface area contributed by atoms with Crippen molar-refractivity contribution in [1.82, 2.24) is 20.1 Å². The number of likely N-dealkylation sites (tertiary alicyclic amines) is 2. The van der Waals surface area contributed by atoms with Crippen molar-refractivity contribution in [3.8, 4) is 11.8 Å². The van der Waals surface area contributed by atoms with Gasteiger partial charge in [0, 0.05) is 19.2 Å². The minimum Gasteiger partial charge on any atom is -0.472 e. The largest absolute Gasteiger partial charge is 0.472 e. The summed E-state index contributed by atoms with van der Waals surface area (Å²) in [6.07, 6.45) is -6.15. The van der Waals surface area contributed by atoms with Gasteiger partial charge in [-0.1, -0.05) is 20.8 Å². The molecule has 12 nitrogen and oxygen atoms in total. The zero-order chi connectivity index (χ0) is 34.1. The van der Waals surface area contributed by atoms with Crippen LogP contribution in [0.25, 0.3) is 0 Å². The zero-order valence-electron chi connectivity index (χ0n) is 26.1. The first-order valence-corrected chi connectivity index (χ1v) is 15.6. The Kier molecular flexibility index (Phi) is 8.03. The Balaban J connectivity index is 1.29. The van der Waals surface area contributed by atoms with Gasteiger partial charge in [-0.25, -0.2) is 14.2 Å². The molecule has 6 rings (SSSR count). The number of aromatic nitrogens is 1. The molecule has 2 N–H and O–H groups in total. The predicted molar refractivity (Wildman–Crippen MR) is 154 cm³/mol. The van der Waals surface area contributed by atoms with Gasteiger partial charge in [0.25, 0.3) is 5.91 Å². The van der Waals surface area contributed by atoms with Crippen LogP contribution in [0.15, 0.2) is 18.3 Å². The Morgan fingerprint density at radius 1 is 1.23 bits per heavy atom. The smallest absolute Gasteiger partial charge is 0.407 e. The lowest BCUT2D eigenvalue weighted by atomic mass is 9.77. The van der Waals surface area contributed by atoms with E-state index >= 15 is 4.39 Å². The number of hydrogen-bond acceptors (Lipinski definition) is 8. The van der Waals surface area contributed by atoms with Gasteiger partial charge in [-0.2, -0.15) is 18.4 Å². The molecule has 4 fully saturated rings. The van der Waals surface area contributed by atoms with Gasteiger partial charge < -0.3 is 29.9 Å². The third-order valence-corrected chi connectivity index (χ3v) is 10.3. The lowest BCUT2D eigenvalue weighted by molar-refractivity contribution is -0.149. The Morgan fingerprint density at radius 3 is 2.66 bits per heavy atom. The fourth-order valence-corrected chi connectivity index (χ4v) is 8.16. The van der Waals surface area contributed by atoms with Crippen molar-refractivity contribution in [2.24, 2.45) is 29.1 Å². The van der Waals surface area contributed by atoms with Crippen molar-refractivity contribution < 1.29 is 46.2 Å². The molecule has 0 aromatic carbocycles. The minimum atomic E-state index is -4.55. The van der Waals surface area contributed by atoms with E-state index in [1.165, 1.54) is 16.0 Å². The molecule has 5 aliphatic rings. The molecule has 1 unspecified atom stereocenters. The van der Waals surface area contributed by atoms with Crippen molar-refractivity contribution in [1.29, 1.82) is 5.26 Å². The molecule has 2 aliphatic carbocycles. The number of pyridine rings is 1. The van der Waals surface area contributed by atoms with E-state index in [9.17, 15) is 37.6 Å². The summed E-state index contributed by atoms with van der Waals surface area (Å²) in [7, 11) is 0. The summed E-state index contributed by atoms with van der Waals surface area (Å²) in [6.45, 7) is 3.77. The number of nitrogens with zero attached hydrogens (tertiary/aromatic N) is 4. The summed E-state index contributed by atoms with van der Waals surface area (Å²) in [5, 5.41) is 15.2. The monoisotopic (exact) mass is 664 g/mol. The second-order valence-electron chi connectivity index (χ2n) is 14.2. The standard InChI is InChI=1S/C31H36F4N6O6/c1-29(2,3)23(38-28(45)46-8-6-31(33,34)35)26(43)40-13-18-15-9-17(19(32)10-15)21(18)22(40)25(42)41-14-30(11-16(41)12-36)27(44)39-24-20(47-30)5-4-7-37-24/h4-5,7,15-19,21-23H,6,8-11,13-14H2,1-3H3,(H,38,45)(H,37,39,44)/t15-,16-,17+,18?,19+,21-,22-,23+,30+/m0/s1. The summed E-state index contributed by atoms with van der Waals surface area (Å²) < 4.78 is 63.9. The number of halogens is 4. The van der Waals surface area contributed by atoms with E-state index in [0.29, 0.717) is 12.8 Å². The number of fused-ring (bicyclic) bond motifs is 6. The van der Waals surface area contributed by atoms with Crippen LogP contribution in [0.1, 0.15) is 46.5 Å². The van der Waals surface area contributed by atoms with Crippen molar-refractivity contribution in [3.05, 3.63) is 18.3 Å². The highest BCUT2D eigenvalue weighted by Crippen LogP contribution is 2.59. The molecule has 2 saturated carbocycles. The number of hydrogen-bond donors (Lipinski definition) is 2. The maximum Gasteiger partial charge on any atom is 0.407 e. The highest BCUT2D eigenvalue weighted by atomic mass is 19.4. The number of alkyl carbamates (subject to hydrolysis) is 1. The highest BCUT2D eigenvalue weighted by molar-refractivity contribution is 6.01. The SMILES string of the molecule is CC(C)(C)[C@H](NC(=O)OCCC(F)(F)F)C(=O)N1CC2[C@H]3C[C@@H]([C@@H]2[C@H]1C(=O)N1C[C@@]2(C[C@H]1C#N)Oc1cccnc1NC2=O)[C@H](F)C3. The lowest BCUT2D eigenvalue weighted by Gasteiger charge is -2.38. The number of carbonyl (C=O) groups is 4. The molecule has 47 heavy (non-hydrogen) atoms. The molecule has 4 heterocycles. The quantitative estimate of drug-likeness (QED) is 0.455. The van der Waals surface area contributed by atoms with Crippen LogP contribution in [-0.4, -0.2) is 94.4 Å². The normalized spacial score (nSPS) is 33.1. The minimum absolute atomic E-state index is 0.0744. The van der Waals surface area contributed by atoms with E-state index in [1.807, 2.05) is 0 Å². The molecule has 0 radical (unpaired) electrons. The van der Waals surface area contributed by atoms with Gasteiger partial charge in [0.15, 0.2) is 11.6 Å². The van der Waals surface area contributed by atoms with Crippen LogP contribution >= 0.6 is 0 Å². The van der Waals surface area contributed by atoms with Crippen LogP contribution in [0.4, 0.5) is 28.2 Å². The molecule has 4 amide bonds. The van der Waals surface area contributed by atoms with Gasteiger partial charge in [0.2, 0.25) is 17.4 Å². The van der Waals surface area contributed by atoms with Crippen LogP contribution in [-0.2, 0) is 19.1 Å². The lowest BCUT2D eigenvalue weighted by Crippen LogP contribution is -2.60. The van der Waals surface area contributed by atoms with E-state index < -0.39 is 90.2 Å². The predicted octanol–water partition coefficient (Wildman–Crippen LogP) is 3.19. The van der Waals surface area contributed by atoms with Gasteiger partial charge in [0.05, 0.1) is 19.0 Å². The Bertz CT molecular complexity index is 1510. The molecular weight excluding hydrogens is 628 g/mol. The Hall–Kier alpha value is -4.16. The molecule has 1 spiro atoms. The van der Waals surface area contributed by atoms with Crippen molar-refractivity contribution in [2.75, 3.05) is 25.0 Å². The number of rotatable bonds is 5. The Labute approximate surface area is 268 Å². The zero-order valence-corrected chi connectivity index (χ0v) is 26.1. The second-order valence-corrected chi connectivity index (χ2v) is 14.2. The van der Waals surface area contributed by atoms with E-state index in [-0.39, 0.29) is 42.9 Å². The van der Waals surface area contributed by atoms with Crippen molar-refractivity contribution >= 4 is 29.6 Å². The third-order valence-electron chi connectivity index (χ3n) is 10.3. The Morgan fingerprint density at radius 2 is 1.98 bits per heavy atom. The number of carbonyl (C=O) groups excluding carboxylic acids is 4. The van der Waals surface area contributed by atoms with E-state index in [2.05, 4.69) is 21.7 Å². The van der Waals surface area contributed by atoms with Crippen LogP contribution in [0, 0.1) is 40.4 Å². The van der Waals surface area contributed by atoms with Crippen molar-refractivity contribution in [2.45, 2.75) is 82.5 Å². The summed E-state index contributed by atoms with van der Waals surface area (Å²) >= 11 is 0. The fourth-order valence-electron chi connectivity index (χ4n) is 8.16. The number of amides is 4. The number of anilines is 1. The summed E-state index contributed by atoms with van der Waals surface area (Å²) in [4.78, 5) is 61.4. The van der Waals surface area contributed by atoms with E-state index in [0.717, 1.165) is 0 Å². The highest BCUT2D eigenvalue weighted by Gasteiger charge is 2.65. The van der Waals surface area contributed by atoms with Gasteiger partial charge in [-0.15, -0.1) is 0 Å². The third kappa shape index (κ3) is 5.82. The molecule has 9 atom stereocenters. The van der Waals surface area contributed by atoms with Crippen LogP contribution < -0.4 is 15.4 Å². The maximum absolute atomic E-state index is 15.2. The second kappa shape index (κ2) is 11.5. The first-order chi connectivity index (χ1) is 22.0. The van der Waals surface area contributed by atoms with Gasteiger partial charge in [0.1, 0.15) is 30.9 Å². The topological polar surface area (TPSA) is 154 Å². The number of alkyl halides is 4. The summed E-state index contributed by atoms with van der Waals surface area (Å²) in [6, 6.07) is 1.66. The molecule has 1 aromatic rings. The first-order valence-electron chi connectivity index (χ1n) is 15.6. The molecular formula is C31H36F4N6O6. The molecule has 254 valence electrons. The number of ether oxygens (including phenoxy) is 2. The molecule has 2 saturated heterocycles. The average Bonchev–Trinajstić information content (AvgIpc) is 3.74.